The van der Waals surface area contributed by atoms with E-state index in [1.165, 1.54) is 0 Å². The van der Waals surface area contributed by atoms with E-state index in [0.29, 0.717) is 0 Å². The van der Waals surface area contributed by atoms with Crippen molar-refractivity contribution in [2.24, 2.45) is 7.05 Å². The van der Waals surface area contributed by atoms with Crippen molar-refractivity contribution in [3.63, 3.8) is 0 Å². The van der Waals surface area contributed by atoms with E-state index in [9.17, 15) is 0 Å². The van der Waals surface area contributed by atoms with Crippen molar-refractivity contribution in [3.8, 4) is 0 Å². The number of anilines is 1. The van der Waals surface area contributed by atoms with Gasteiger partial charge in [-0.2, -0.15) is 5.10 Å². The first kappa shape index (κ1) is 12.5. The summed E-state index contributed by atoms with van der Waals surface area (Å²) in [4.78, 5) is 10.8. The number of nitrogens with one attached hydrogen (secondary N) is 1. The Morgan fingerprint density at radius 3 is 2.67 bits per heavy atom. The van der Waals surface area contributed by atoms with Crippen LogP contribution in [0.15, 0.2) is 24.8 Å². The van der Waals surface area contributed by atoms with Crippen molar-refractivity contribution >= 4 is 5.82 Å². The van der Waals surface area contributed by atoms with Gasteiger partial charge < -0.3 is 10.2 Å². The molecule has 0 aliphatic rings. The quantitative estimate of drug-likeness (QED) is 0.835. The fraction of sp³-hybridized carbons (Fsp3) is 0.417. The van der Waals surface area contributed by atoms with E-state index in [1.54, 1.807) is 17.1 Å². The summed E-state index contributed by atoms with van der Waals surface area (Å²) in [5.74, 6) is 0.860. The maximum atomic E-state index is 4.40. The Morgan fingerprint density at radius 2 is 2.11 bits per heavy atom. The molecule has 0 radical (unpaired) electrons. The molecule has 18 heavy (non-hydrogen) atoms. The normalized spacial score (nSPS) is 10.6. The van der Waals surface area contributed by atoms with Crippen molar-refractivity contribution in [1.82, 2.24) is 25.1 Å². The molecule has 0 spiro atoms. The molecule has 0 aliphatic carbocycles. The van der Waals surface area contributed by atoms with Gasteiger partial charge in [-0.3, -0.25) is 9.67 Å². The Labute approximate surface area is 107 Å². The van der Waals surface area contributed by atoms with Crippen LogP contribution in [0.5, 0.6) is 0 Å². The predicted octanol–water partition coefficient (Wildman–Crippen LogP) is 0.566. The van der Waals surface area contributed by atoms with Crippen molar-refractivity contribution in [1.29, 1.82) is 0 Å². The largest absolute Gasteiger partial charge is 0.354 e. The van der Waals surface area contributed by atoms with E-state index < -0.39 is 0 Å². The molecule has 0 aliphatic heterocycles. The predicted molar refractivity (Wildman–Crippen MR) is 70.1 cm³/mol. The van der Waals surface area contributed by atoms with Gasteiger partial charge in [0.1, 0.15) is 5.82 Å². The average molecular weight is 246 g/mol. The lowest BCUT2D eigenvalue weighted by Crippen LogP contribution is -2.18. The molecule has 96 valence electrons. The van der Waals surface area contributed by atoms with Crippen LogP contribution in [0.4, 0.5) is 5.82 Å². The van der Waals surface area contributed by atoms with Crippen LogP contribution < -0.4 is 10.2 Å². The Bertz CT molecular complexity index is 490. The Balaban J connectivity index is 2.02. The molecule has 6 heteroatoms. The fourth-order valence-corrected chi connectivity index (χ4v) is 1.73. The third kappa shape index (κ3) is 3.04. The highest BCUT2D eigenvalue weighted by Gasteiger charge is 2.05. The Morgan fingerprint density at radius 1 is 1.28 bits per heavy atom. The summed E-state index contributed by atoms with van der Waals surface area (Å²) in [6.07, 6.45) is 7.45. The summed E-state index contributed by atoms with van der Waals surface area (Å²) in [5, 5.41) is 7.20. The van der Waals surface area contributed by atoms with Gasteiger partial charge in [0.15, 0.2) is 0 Å². The molecule has 0 aromatic carbocycles. The number of nitrogens with zero attached hydrogens (tertiary/aromatic N) is 5. The highest BCUT2D eigenvalue weighted by atomic mass is 15.2. The second-order valence-electron chi connectivity index (χ2n) is 4.27. The van der Waals surface area contributed by atoms with Crippen LogP contribution in [0, 0.1) is 0 Å². The minimum Gasteiger partial charge on any atom is -0.354 e. The van der Waals surface area contributed by atoms with Crippen LogP contribution in [0.25, 0.3) is 0 Å². The van der Waals surface area contributed by atoms with Crippen LogP contribution >= 0.6 is 0 Å². The molecule has 1 N–H and O–H groups in total. The first-order valence-electron chi connectivity index (χ1n) is 5.83. The van der Waals surface area contributed by atoms with E-state index in [0.717, 1.165) is 30.2 Å². The van der Waals surface area contributed by atoms with Gasteiger partial charge in [0.25, 0.3) is 0 Å². The topological polar surface area (TPSA) is 58.9 Å². The number of aromatic nitrogens is 4. The summed E-state index contributed by atoms with van der Waals surface area (Å²) in [7, 11) is 5.80. The van der Waals surface area contributed by atoms with Crippen LogP contribution in [0.2, 0.25) is 0 Å². The lowest BCUT2D eigenvalue weighted by atomic mass is 10.3. The number of hydrogen-bond donors (Lipinski definition) is 1. The first-order valence-corrected chi connectivity index (χ1v) is 5.83. The lowest BCUT2D eigenvalue weighted by Gasteiger charge is -2.16. The zero-order valence-corrected chi connectivity index (χ0v) is 11.0. The van der Waals surface area contributed by atoms with Gasteiger partial charge in [-0.15, -0.1) is 0 Å². The molecule has 2 aromatic heterocycles. The highest BCUT2D eigenvalue weighted by molar-refractivity contribution is 5.35. The number of rotatable bonds is 5. The van der Waals surface area contributed by atoms with E-state index in [1.807, 2.05) is 38.4 Å². The molecule has 0 saturated heterocycles. The van der Waals surface area contributed by atoms with Crippen LogP contribution in [0.3, 0.4) is 0 Å². The molecule has 2 rings (SSSR count). The number of hydrogen-bond acceptors (Lipinski definition) is 5. The highest BCUT2D eigenvalue weighted by Crippen LogP contribution is 2.10. The molecule has 2 heterocycles. The number of aryl methyl sites for hydroxylation is 1. The fourth-order valence-electron chi connectivity index (χ4n) is 1.73. The van der Waals surface area contributed by atoms with Gasteiger partial charge in [-0.05, 0) is 7.05 Å². The van der Waals surface area contributed by atoms with Crippen LogP contribution in [-0.2, 0) is 20.1 Å². The van der Waals surface area contributed by atoms with E-state index in [-0.39, 0.29) is 0 Å². The summed E-state index contributed by atoms with van der Waals surface area (Å²) < 4.78 is 1.80. The molecule has 0 bridgehead atoms. The Kier molecular flexibility index (Phi) is 3.88. The van der Waals surface area contributed by atoms with E-state index in [2.05, 4.69) is 20.4 Å². The molecule has 0 amide bonds. The average Bonchev–Trinajstić information content (AvgIpc) is 2.76. The molecule has 0 unspecified atom stereocenters. The molecule has 2 aromatic rings. The minimum absolute atomic E-state index is 0.736. The van der Waals surface area contributed by atoms with Gasteiger partial charge in [-0.25, -0.2) is 4.98 Å². The standard InChI is InChI=1S/C12H18N6/c1-13-5-11-6-15-12(7-14-11)17(2)8-10-4-16-18(3)9-10/h4,6-7,9,13H,5,8H2,1-3H3. The second kappa shape index (κ2) is 5.59. The zero-order chi connectivity index (χ0) is 13.0. The molecule has 0 saturated carbocycles. The van der Waals surface area contributed by atoms with Gasteiger partial charge in [0.2, 0.25) is 0 Å². The van der Waals surface area contributed by atoms with Crippen LogP contribution in [0.1, 0.15) is 11.3 Å². The van der Waals surface area contributed by atoms with Crippen molar-refractivity contribution < 1.29 is 0 Å². The van der Waals surface area contributed by atoms with Crippen LogP contribution in [-0.4, -0.2) is 33.8 Å². The summed E-state index contributed by atoms with van der Waals surface area (Å²) >= 11 is 0. The minimum atomic E-state index is 0.736. The molecular formula is C12H18N6. The maximum absolute atomic E-state index is 4.40. The second-order valence-corrected chi connectivity index (χ2v) is 4.27. The smallest absolute Gasteiger partial charge is 0.147 e. The molecule has 6 nitrogen and oxygen atoms in total. The summed E-state index contributed by atoms with van der Waals surface area (Å²) in [6.45, 7) is 1.51. The van der Waals surface area contributed by atoms with Crippen molar-refractivity contribution in [2.45, 2.75) is 13.1 Å². The SMILES string of the molecule is CNCc1cnc(N(C)Cc2cnn(C)c2)cn1. The monoisotopic (exact) mass is 246 g/mol. The van der Waals surface area contributed by atoms with E-state index >= 15 is 0 Å². The third-order valence-electron chi connectivity index (χ3n) is 2.62. The third-order valence-corrected chi connectivity index (χ3v) is 2.62. The van der Waals surface area contributed by atoms with Gasteiger partial charge in [0, 0.05) is 38.9 Å². The Hall–Kier alpha value is -1.95. The van der Waals surface area contributed by atoms with Crippen molar-refractivity contribution in [3.05, 3.63) is 36.0 Å². The van der Waals surface area contributed by atoms with Gasteiger partial charge in [0.05, 0.1) is 24.3 Å². The zero-order valence-electron chi connectivity index (χ0n) is 11.0. The molecule has 0 atom stereocenters. The molecule has 0 fully saturated rings. The van der Waals surface area contributed by atoms with Gasteiger partial charge in [-0.1, -0.05) is 0 Å². The van der Waals surface area contributed by atoms with E-state index in [4.69, 9.17) is 0 Å². The summed E-state index contributed by atoms with van der Waals surface area (Å²) in [5.41, 5.74) is 2.09. The maximum Gasteiger partial charge on any atom is 0.147 e. The summed E-state index contributed by atoms with van der Waals surface area (Å²) in [6, 6.07) is 0. The van der Waals surface area contributed by atoms with Gasteiger partial charge >= 0.3 is 0 Å². The molecular weight excluding hydrogens is 228 g/mol. The van der Waals surface area contributed by atoms with Crippen molar-refractivity contribution in [2.75, 3.05) is 19.0 Å². The first-order chi connectivity index (χ1) is 8.69. The lowest BCUT2D eigenvalue weighted by molar-refractivity contribution is 0.765.